The fraction of sp³-hybridized carbons (Fsp3) is 0.571. The summed E-state index contributed by atoms with van der Waals surface area (Å²) in [4.78, 5) is 10.5. The van der Waals surface area contributed by atoms with Crippen molar-refractivity contribution in [2.45, 2.75) is 18.2 Å². The number of hydrogen-bond acceptors (Lipinski definition) is 3. The van der Waals surface area contributed by atoms with Gasteiger partial charge in [-0.2, -0.15) is 0 Å². The maximum absolute atomic E-state index is 10.5. The number of carboxylic acids is 1. The molecule has 0 aliphatic carbocycles. The summed E-state index contributed by atoms with van der Waals surface area (Å²) < 4.78 is 0. The Hall–Kier alpha value is -0.480. The average molecular weight is 173 g/mol. The standard InChI is InChI=1S/C7H11NO2S/c1-4(7(9)10)6-5(8)2-3-11-6/h2-6H,8H2,1H3,(H,9,10)/t4?,5-,6-/m0/s1. The molecule has 0 fully saturated rings. The number of carboxylic acid groups (broad SMARTS) is 1. The molecule has 0 bridgehead atoms. The van der Waals surface area contributed by atoms with Crippen molar-refractivity contribution >= 4 is 17.7 Å². The summed E-state index contributed by atoms with van der Waals surface area (Å²) in [5.74, 6) is -1.15. The molecule has 1 aliphatic heterocycles. The quantitative estimate of drug-likeness (QED) is 0.644. The second-order valence-corrected chi connectivity index (χ2v) is 3.72. The first-order valence-corrected chi connectivity index (χ1v) is 4.37. The summed E-state index contributed by atoms with van der Waals surface area (Å²) in [6, 6.07) is -0.105. The molecule has 0 aromatic heterocycles. The summed E-state index contributed by atoms with van der Waals surface area (Å²) >= 11 is 1.50. The van der Waals surface area contributed by atoms with Gasteiger partial charge in [-0.1, -0.05) is 13.0 Å². The highest BCUT2D eigenvalue weighted by atomic mass is 32.2. The highest BCUT2D eigenvalue weighted by molar-refractivity contribution is 8.03. The molecule has 3 atom stereocenters. The van der Waals surface area contributed by atoms with Gasteiger partial charge in [0.2, 0.25) is 0 Å². The van der Waals surface area contributed by atoms with Crippen LogP contribution in [0.2, 0.25) is 0 Å². The molecule has 3 N–H and O–H groups in total. The van der Waals surface area contributed by atoms with Gasteiger partial charge in [0.05, 0.1) is 5.92 Å². The zero-order valence-corrected chi connectivity index (χ0v) is 7.04. The molecule has 1 aliphatic rings. The first-order chi connectivity index (χ1) is 5.13. The van der Waals surface area contributed by atoms with Crippen molar-refractivity contribution in [3.63, 3.8) is 0 Å². The number of carbonyl (C=O) groups is 1. The molecule has 62 valence electrons. The van der Waals surface area contributed by atoms with Gasteiger partial charge < -0.3 is 10.8 Å². The third-order valence-corrected chi connectivity index (χ3v) is 3.15. The van der Waals surface area contributed by atoms with Crippen molar-refractivity contribution in [2.24, 2.45) is 11.7 Å². The second-order valence-electron chi connectivity index (χ2n) is 2.63. The monoisotopic (exact) mass is 173 g/mol. The summed E-state index contributed by atoms with van der Waals surface area (Å²) in [5, 5.41) is 10.5. The molecule has 0 aromatic rings. The molecule has 1 heterocycles. The molecule has 4 heteroatoms. The van der Waals surface area contributed by atoms with E-state index in [0.717, 1.165) is 0 Å². The van der Waals surface area contributed by atoms with Gasteiger partial charge in [0.15, 0.2) is 0 Å². The summed E-state index contributed by atoms with van der Waals surface area (Å²) in [5.41, 5.74) is 5.65. The lowest BCUT2D eigenvalue weighted by molar-refractivity contribution is -0.141. The normalized spacial score (nSPS) is 32.2. The van der Waals surface area contributed by atoms with Crippen molar-refractivity contribution in [2.75, 3.05) is 0 Å². The zero-order valence-electron chi connectivity index (χ0n) is 6.23. The van der Waals surface area contributed by atoms with Crippen LogP contribution in [-0.4, -0.2) is 22.4 Å². The van der Waals surface area contributed by atoms with Gasteiger partial charge in [0.1, 0.15) is 0 Å². The molecule has 0 radical (unpaired) electrons. The third-order valence-electron chi connectivity index (χ3n) is 1.80. The molecular weight excluding hydrogens is 162 g/mol. The number of aliphatic carboxylic acids is 1. The van der Waals surface area contributed by atoms with Crippen LogP contribution in [0.1, 0.15) is 6.92 Å². The van der Waals surface area contributed by atoms with E-state index in [-0.39, 0.29) is 17.2 Å². The highest BCUT2D eigenvalue weighted by Crippen LogP contribution is 2.29. The molecule has 1 unspecified atom stereocenters. The molecule has 0 amide bonds. The van der Waals surface area contributed by atoms with Crippen LogP contribution >= 0.6 is 11.8 Å². The lowest BCUT2D eigenvalue weighted by atomic mass is 10.0. The summed E-state index contributed by atoms with van der Waals surface area (Å²) in [7, 11) is 0. The molecule has 3 nitrogen and oxygen atoms in total. The summed E-state index contributed by atoms with van der Waals surface area (Å²) in [6.07, 6.45) is 1.84. The maximum Gasteiger partial charge on any atom is 0.307 e. The fourth-order valence-electron chi connectivity index (χ4n) is 1.02. The van der Waals surface area contributed by atoms with E-state index >= 15 is 0 Å². The van der Waals surface area contributed by atoms with Crippen LogP contribution in [-0.2, 0) is 4.79 Å². The molecule has 1 rings (SSSR count). The van der Waals surface area contributed by atoms with E-state index in [2.05, 4.69) is 0 Å². The Kier molecular flexibility index (Phi) is 2.57. The second kappa shape index (κ2) is 3.28. The minimum absolute atomic E-state index is 0.00694. The molecular formula is C7H11NO2S. The van der Waals surface area contributed by atoms with Gasteiger partial charge in [-0.05, 0) is 5.41 Å². The van der Waals surface area contributed by atoms with Crippen LogP contribution < -0.4 is 5.73 Å². The number of nitrogens with two attached hydrogens (primary N) is 1. The van der Waals surface area contributed by atoms with Gasteiger partial charge >= 0.3 is 5.97 Å². The molecule has 11 heavy (non-hydrogen) atoms. The van der Waals surface area contributed by atoms with E-state index in [1.54, 1.807) is 6.92 Å². The Morgan fingerprint density at radius 3 is 2.82 bits per heavy atom. The topological polar surface area (TPSA) is 63.3 Å². The van der Waals surface area contributed by atoms with Gasteiger partial charge in [-0.15, -0.1) is 11.8 Å². The number of rotatable bonds is 2. The van der Waals surface area contributed by atoms with Gasteiger partial charge in [-0.25, -0.2) is 0 Å². The minimum atomic E-state index is -0.776. The van der Waals surface area contributed by atoms with Crippen molar-refractivity contribution in [3.05, 3.63) is 11.5 Å². The van der Waals surface area contributed by atoms with E-state index in [9.17, 15) is 4.79 Å². The number of thioether (sulfide) groups is 1. The Bertz CT molecular complexity index is 193. The van der Waals surface area contributed by atoms with E-state index < -0.39 is 5.97 Å². The summed E-state index contributed by atoms with van der Waals surface area (Å²) in [6.45, 7) is 1.69. The Balaban J connectivity index is 2.55. The molecule has 0 spiro atoms. The predicted molar refractivity (Wildman–Crippen MR) is 45.3 cm³/mol. The average Bonchev–Trinajstić information content (AvgIpc) is 2.33. The maximum atomic E-state index is 10.5. The van der Waals surface area contributed by atoms with E-state index in [4.69, 9.17) is 10.8 Å². The highest BCUT2D eigenvalue weighted by Gasteiger charge is 2.30. The molecule has 0 saturated heterocycles. The SMILES string of the molecule is CC(C(=O)O)[C@@H]1SC=C[C@@H]1N. The van der Waals surface area contributed by atoms with Crippen LogP contribution in [0.5, 0.6) is 0 Å². The first kappa shape index (κ1) is 8.62. The Morgan fingerprint density at radius 2 is 2.45 bits per heavy atom. The first-order valence-electron chi connectivity index (χ1n) is 3.43. The lowest BCUT2D eigenvalue weighted by Crippen LogP contribution is -2.35. The largest absolute Gasteiger partial charge is 0.481 e. The minimum Gasteiger partial charge on any atom is -0.481 e. The van der Waals surface area contributed by atoms with Gasteiger partial charge in [0, 0.05) is 11.3 Å². The van der Waals surface area contributed by atoms with Crippen LogP contribution in [0.25, 0.3) is 0 Å². The van der Waals surface area contributed by atoms with E-state index in [1.807, 2.05) is 11.5 Å². The van der Waals surface area contributed by atoms with Crippen LogP contribution in [0.4, 0.5) is 0 Å². The number of hydrogen-bond donors (Lipinski definition) is 2. The van der Waals surface area contributed by atoms with E-state index in [1.165, 1.54) is 11.8 Å². The Labute approximate surface area is 69.7 Å². The van der Waals surface area contributed by atoms with Crippen LogP contribution in [0.3, 0.4) is 0 Å². The van der Waals surface area contributed by atoms with Crippen molar-refractivity contribution < 1.29 is 9.90 Å². The molecule has 0 saturated carbocycles. The van der Waals surface area contributed by atoms with Crippen LogP contribution in [0, 0.1) is 5.92 Å². The van der Waals surface area contributed by atoms with Gasteiger partial charge in [-0.3, -0.25) is 4.79 Å². The van der Waals surface area contributed by atoms with Crippen molar-refractivity contribution in [3.8, 4) is 0 Å². The lowest BCUT2D eigenvalue weighted by Gasteiger charge is -2.17. The molecule has 0 aromatic carbocycles. The Morgan fingerprint density at radius 1 is 1.82 bits per heavy atom. The van der Waals surface area contributed by atoms with Crippen LogP contribution in [0.15, 0.2) is 11.5 Å². The predicted octanol–water partition coefficient (Wildman–Crippen LogP) is 0.663. The fourth-order valence-corrected chi connectivity index (χ4v) is 2.10. The smallest absolute Gasteiger partial charge is 0.307 e. The third kappa shape index (κ3) is 1.75. The van der Waals surface area contributed by atoms with Crippen molar-refractivity contribution in [1.29, 1.82) is 0 Å². The van der Waals surface area contributed by atoms with Gasteiger partial charge in [0.25, 0.3) is 0 Å². The zero-order chi connectivity index (χ0) is 8.43. The van der Waals surface area contributed by atoms with E-state index in [0.29, 0.717) is 0 Å². The van der Waals surface area contributed by atoms with Crippen molar-refractivity contribution in [1.82, 2.24) is 0 Å².